The average Bonchev–Trinajstić information content (AvgIpc) is 2.32. The van der Waals surface area contributed by atoms with Crippen LogP contribution >= 0.6 is 11.6 Å². The van der Waals surface area contributed by atoms with E-state index < -0.39 is 0 Å². The largest absolute Gasteiger partial charge is 0.399 e. The van der Waals surface area contributed by atoms with Gasteiger partial charge in [0.15, 0.2) is 0 Å². The normalized spacial score (nSPS) is 10.3. The highest BCUT2D eigenvalue weighted by Gasteiger charge is 2.05. The molecular weight excluding hydrogens is 256 g/mol. The first kappa shape index (κ1) is 14.8. The maximum absolute atomic E-state index is 11.6. The van der Waals surface area contributed by atoms with Gasteiger partial charge in [-0.15, -0.1) is 0 Å². The van der Waals surface area contributed by atoms with Crippen LogP contribution in [0.15, 0.2) is 18.2 Å². The minimum atomic E-state index is -0.130. The first-order valence-corrected chi connectivity index (χ1v) is 6.04. The summed E-state index contributed by atoms with van der Waals surface area (Å²) in [5.74, 6) is -0.130. The van der Waals surface area contributed by atoms with Gasteiger partial charge in [-0.1, -0.05) is 11.6 Å². The van der Waals surface area contributed by atoms with E-state index in [1.165, 1.54) is 0 Å². The van der Waals surface area contributed by atoms with Gasteiger partial charge in [0.25, 0.3) is 0 Å². The van der Waals surface area contributed by atoms with E-state index in [9.17, 15) is 4.79 Å². The van der Waals surface area contributed by atoms with Crippen LogP contribution in [0.5, 0.6) is 0 Å². The van der Waals surface area contributed by atoms with E-state index in [0.29, 0.717) is 42.5 Å². The molecule has 0 unspecified atom stereocenters. The second kappa shape index (κ2) is 7.92. The third kappa shape index (κ3) is 5.35. The van der Waals surface area contributed by atoms with Crippen LogP contribution < -0.4 is 11.1 Å². The van der Waals surface area contributed by atoms with Gasteiger partial charge in [0.05, 0.1) is 23.9 Å². The van der Waals surface area contributed by atoms with E-state index in [-0.39, 0.29) is 12.5 Å². The molecule has 0 fully saturated rings. The van der Waals surface area contributed by atoms with Crippen LogP contribution in [0.2, 0.25) is 5.02 Å². The Balaban J connectivity index is 2.31. The molecule has 0 spiro atoms. The standard InChI is InChI=1S/C12H17ClN2O3/c13-10-8-9(14)3-4-11(10)15-12(17)2-1-6-18-7-5-16/h3-4,8,16H,1-2,5-7,14H2,(H,15,17). The van der Waals surface area contributed by atoms with Crippen LogP contribution in [0.25, 0.3) is 0 Å². The summed E-state index contributed by atoms with van der Waals surface area (Å²) in [5.41, 5.74) is 6.65. The van der Waals surface area contributed by atoms with Gasteiger partial charge in [-0.05, 0) is 24.6 Å². The number of nitrogen functional groups attached to an aromatic ring is 1. The molecule has 0 saturated heterocycles. The molecule has 4 N–H and O–H groups in total. The van der Waals surface area contributed by atoms with Crippen LogP contribution in [-0.2, 0) is 9.53 Å². The maximum atomic E-state index is 11.6. The summed E-state index contributed by atoms with van der Waals surface area (Å²) >= 11 is 5.93. The molecule has 0 heterocycles. The molecule has 1 rings (SSSR count). The quantitative estimate of drug-likeness (QED) is 0.520. The molecule has 5 nitrogen and oxygen atoms in total. The van der Waals surface area contributed by atoms with Gasteiger partial charge in [-0.2, -0.15) is 0 Å². The Bertz CT molecular complexity index is 399. The van der Waals surface area contributed by atoms with Crippen molar-refractivity contribution in [2.24, 2.45) is 0 Å². The topological polar surface area (TPSA) is 84.6 Å². The van der Waals surface area contributed by atoms with Crippen LogP contribution in [0.1, 0.15) is 12.8 Å². The lowest BCUT2D eigenvalue weighted by atomic mass is 10.2. The van der Waals surface area contributed by atoms with E-state index in [1.54, 1.807) is 18.2 Å². The van der Waals surface area contributed by atoms with E-state index >= 15 is 0 Å². The first-order valence-electron chi connectivity index (χ1n) is 5.67. The Hall–Kier alpha value is -1.30. The highest BCUT2D eigenvalue weighted by atomic mass is 35.5. The summed E-state index contributed by atoms with van der Waals surface area (Å²) in [5, 5.41) is 11.6. The average molecular weight is 273 g/mol. The van der Waals surface area contributed by atoms with Crippen LogP contribution in [0, 0.1) is 0 Å². The van der Waals surface area contributed by atoms with Gasteiger partial charge in [0.2, 0.25) is 5.91 Å². The zero-order valence-corrected chi connectivity index (χ0v) is 10.7. The molecule has 1 aromatic rings. The fourth-order valence-electron chi connectivity index (χ4n) is 1.35. The number of ether oxygens (including phenoxy) is 1. The number of nitrogens with one attached hydrogen (secondary N) is 1. The van der Waals surface area contributed by atoms with Gasteiger partial charge in [-0.3, -0.25) is 4.79 Å². The molecule has 0 aliphatic carbocycles. The number of hydrogen-bond donors (Lipinski definition) is 3. The van der Waals surface area contributed by atoms with Crippen LogP contribution in [0.4, 0.5) is 11.4 Å². The molecule has 0 aliphatic heterocycles. The molecule has 6 heteroatoms. The summed E-state index contributed by atoms with van der Waals surface area (Å²) in [6.45, 7) is 0.738. The number of aliphatic hydroxyl groups excluding tert-OH is 1. The molecule has 1 aromatic carbocycles. The number of amides is 1. The van der Waals surface area contributed by atoms with Gasteiger partial charge < -0.3 is 20.9 Å². The van der Waals surface area contributed by atoms with Crippen molar-refractivity contribution in [2.75, 3.05) is 30.9 Å². The van der Waals surface area contributed by atoms with Crippen LogP contribution in [-0.4, -0.2) is 30.8 Å². The van der Waals surface area contributed by atoms with Gasteiger partial charge in [0, 0.05) is 18.7 Å². The van der Waals surface area contributed by atoms with E-state index in [1.807, 2.05) is 0 Å². The minimum Gasteiger partial charge on any atom is -0.399 e. The molecule has 0 saturated carbocycles. The lowest BCUT2D eigenvalue weighted by Gasteiger charge is -2.08. The summed E-state index contributed by atoms with van der Waals surface area (Å²) in [6.07, 6.45) is 0.935. The number of rotatable bonds is 7. The number of carbonyl (C=O) groups is 1. The third-order valence-corrected chi connectivity index (χ3v) is 2.51. The van der Waals surface area contributed by atoms with Crippen molar-refractivity contribution in [1.82, 2.24) is 0 Å². The lowest BCUT2D eigenvalue weighted by Crippen LogP contribution is -2.13. The van der Waals surface area contributed by atoms with Crippen molar-refractivity contribution in [2.45, 2.75) is 12.8 Å². The Labute approximate surface area is 111 Å². The molecule has 1 amide bonds. The molecule has 0 aromatic heterocycles. The summed E-state index contributed by atoms with van der Waals surface area (Å²) in [7, 11) is 0. The van der Waals surface area contributed by atoms with Gasteiger partial charge >= 0.3 is 0 Å². The Morgan fingerprint density at radius 1 is 1.44 bits per heavy atom. The lowest BCUT2D eigenvalue weighted by molar-refractivity contribution is -0.116. The van der Waals surface area contributed by atoms with Gasteiger partial charge in [0.1, 0.15) is 0 Å². The van der Waals surface area contributed by atoms with Gasteiger partial charge in [-0.25, -0.2) is 0 Å². The second-order valence-corrected chi connectivity index (χ2v) is 4.13. The number of anilines is 2. The number of nitrogens with two attached hydrogens (primary N) is 1. The monoisotopic (exact) mass is 272 g/mol. The first-order chi connectivity index (χ1) is 8.63. The predicted octanol–water partition coefficient (Wildman–Crippen LogP) is 1.65. The highest BCUT2D eigenvalue weighted by molar-refractivity contribution is 6.34. The van der Waals surface area contributed by atoms with E-state index in [0.717, 1.165) is 0 Å². The van der Waals surface area contributed by atoms with Crippen molar-refractivity contribution in [1.29, 1.82) is 0 Å². The molecule has 0 bridgehead atoms. The molecule has 0 aliphatic rings. The Morgan fingerprint density at radius 2 is 2.22 bits per heavy atom. The maximum Gasteiger partial charge on any atom is 0.224 e. The molecular formula is C12H17ClN2O3. The number of carbonyl (C=O) groups excluding carboxylic acids is 1. The highest BCUT2D eigenvalue weighted by Crippen LogP contribution is 2.24. The fraction of sp³-hybridized carbons (Fsp3) is 0.417. The van der Waals surface area contributed by atoms with Crippen molar-refractivity contribution in [3.8, 4) is 0 Å². The number of aliphatic hydroxyl groups is 1. The Morgan fingerprint density at radius 3 is 2.89 bits per heavy atom. The summed E-state index contributed by atoms with van der Waals surface area (Å²) < 4.78 is 5.05. The van der Waals surface area contributed by atoms with E-state index in [2.05, 4.69) is 5.32 Å². The van der Waals surface area contributed by atoms with Crippen molar-refractivity contribution in [3.05, 3.63) is 23.2 Å². The molecule has 100 valence electrons. The zero-order chi connectivity index (χ0) is 13.4. The second-order valence-electron chi connectivity index (χ2n) is 3.73. The van der Waals surface area contributed by atoms with E-state index in [4.69, 9.17) is 27.2 Å². The third-order valence-electron chi connectivity index (χ3n) is 2.20. The summed E-state index contributed by atoms with van der Waals surface area (Å²) in [6, 6.07) is 4.92. The van der Waals surface area contributed by atoms with Crippen molar-refractivity contribution >= 4 is 28.9 Å². The number of hydrogen-bond acceptors (Lipinski definition) is 4. The Kier molecular flexibility index (Phi) is 6.49. The molecule has 18 heavy (non-hydrogen) atoms. The smallest absolute Gasteiger partial charge is 0.224 e. The number of halogens is 1. The number of benzene rings is 1. The fourth-order valence-corrected chi connectivity index (χ4v) is 1.58. The molecule has 0 radical (unpaired) electrons. The zero-order valence-electron chi connectivity index (χ0n) is 9.99. The van der Waals surface area contributed by atoms with Crippen LogP contribution in [0.3, 0.4) is 0 Å². The summed E-state index contributed by atoms with van der Waals surface area (Å²) in [4.78, 5) is 11.6. The minimum absolute atomic E-state index is 0.00670. The molecule has 0 atom stereocenters. The van der Waals surface area contributed by atoms with Crippen molar-refractivity contribution in [3.63, 3.8) is 0 Å². The SMILES string of the molecule is Nc1ccc(NC(=O)CCCOCCO)c(Cl)c1. The van der Waals surface area contributed by atoms with Crippen molar-refractivity contribution < 1.29 is 14.6 Å². The predicted molar refractivity (Wildman–Crippen MR) is 71.6 cm³/mol.